The summed E-state index contributed by atoms with van der Waals surface area (Å²) in [5.74, 6) is 0.796. The number of benzene rings is 1. The third-order valence-corrected chi connectivity index (χ3v) is 4.13. The SMILES string of the molecule is CCOc1ccc(S(=O)(=O)NCCOC)cc1CCl. The van der Waals surface area contributed by atoms with Crippen LogP contribution in [0, 0.1) is 0 Å². The van der Waals surface area contributed by atoms with Crippen molar-refractivity contribution in [1.82, 2.24) is 4.72 Å². The molecule has 0 bridgehead atoms. The molecule has 0 aliphatic rings. The molecule has 0 aliphatic carbocycles. The highest BCUT2D eigenvalue weighted by atomic mass is 35.5. The molecular weight excluding hydrogens is 290 g/mol. The second-order valence-electron chi connectivity index (χ2n) is 3.73. The zero-order valence-corrected chi connectivity index (χ0v) is 12.6. The zero-order valence-electron chi connectivity index (χ0n) is 11.0. The van der Waals surface area contributed by atoms with E-state index in [4.69, 9.17) is 21.1 Å². The standard InChI is InChI=1S/C12H18ClNO4S/c1-3-18-12-5-4-11(8-10(12)9-13)19(15,16)14-6-7-17-2/h4-5,8,14H,3,6-7,9H2,1-2H3. The van der Waals surface area contributed by atoms with Gasteiger partial charge < -0.3 is 9.47 Å². The lowest BCUT2D eigenvalue weighted by Crippen LogP contribution is -2.27. The van der Waals surface area contributed by atoms with E-state index in [-0.39, 0.29) is 17.3 Å². The van der Waals surface area contributed by atoms with Crippen LogP contribution in [0.1, 0.15) is 12.5 Å². The number of alkyl halides is 1. The van der Waals surface area contributed by atoms with Crippen molar-refractivity contribution >= 4 is 21.6 Å². The van der Waals surface area contributed by atoms with Crippen LogP contribution in [0.25, 0.3) is 0 Å². The lowest BCUT2D eigenvalue weighted by atomic mass is 10.2. The van der Waals surface area contributed by atoms with Gasteiger partial charge in [-0.1, -0.05) is 0 Å². The highest BCUT2D eigenvalue weighted by molar-refractivity contribution is 7.89. The van der Waals surface area contributed by atoms with Crippen LogP contribution in [0.4, 0.5) is 0 Å². The fraction of sp³-hybridized carbons (Fsp3) is 0.500. The van der Waals surface area contributed by atoms with E-state index in [1.165, 1.54) is 19.2 Å². The summed E-state index contributed by atoms with van der Waals surface area (Å²) in [6, 6.07) is 4.63. The third kappa shape index (κ3) is 4.65. The van der Waals surface area contributed by atoms with Crippen molar-refractivity contribution in [1.29, 1.82) is 0 Å². The molecule has 0 aromatic heterocycles. The molecule has 0 atom stereocenters. The molecule has 0 heterocycles. The van der Waals surface area contributed by atoms with Crippen molar-refractivity contribution in [2.75, 3.05) is 26.9 Å². The predicted octanol–water partition coefficient (Wildman–Crippen LogP) is 1.75. The molecule has 19 heavy (non-hydrogen) atoms. The van der Waals surface area contributed by atoms with Crippen LogP contribution in [-0.2, 0) is 20.6 Å². The molecule has 1 N–H and O–H groups in total. The Morgan fingerprint density at radius 1 is 1.37 bits per heavy atom. The van der Waals surface area contributed by atoms with E-state index >= 15 is 0 Å². The van der Waals surface area contributed by atoms with Gasteiger partial charge in [-0.25, -0.2) is 13.1 Å². The molecule has 0 radical (unpaired) electrons. The first-order chi connectivity index (χ1) is 9.05. The minimum Gasteiger partial charge on any atom is -0.494 e. The van der Waals surface area contributed by atoms with Crippen molar-refractivity contribution in [2.45, 2.75) is 17.7 Å². The first-order valence-corrected chi connectivity index (χ1v) is 7.87. The summed E-state index contributed by atoms with van der Waals surface area (Å²) in [6.45, 7) is 2.90. The maximum absolute atomic E-state index is 12.0. The Morgan fingerprint density at radius 3 is 2.68 bits per heavy atom. The van der Waals surface area contributed by atoms with Crippen molar-refractivity contribution in [3.63, 3.8) is 0 Å². The summed E-state index contributed by atoms with van der Waals surface area (Å²) in [7, 11) is -2.03. The number of hydrogen-bond donors (Lipinski definition) is 1. The molecule has 0 amide bonds. The first kappa shape index (κ1) is 16.2. The fourth-order valence-corrected chi connectivity index (χ4v) is 2.76. The van der Waals surface area contributed by atoms with Gasteiger partial charge in [-0.3, -0.25) is 0 Å². The Labute approximate surface area is 118 Å². The minimum absolute atomic E-state index is 0.169. The molecule has 1 rings (SSSR count). The van der Waals surface area contributed by atoms with Crippen LogP contribution >= 0.6 is 11.6 Å². The van der Waals surface area contributed by atoms with Crippen LogP contribution in [0.3, 0.4) is 0 Å². The van der Waals surface area contributed by atoms with Gasteiger partial charge in [0.1, 0.15) is 5.75 Å². The van der Waals surface area contributed by atoms with E-state index < -0.39 is 10.0 Å². The molecule has 0 saturated heterocycles. The molecular formula is C12H18ClNO4S. The highest BCUT2D eigenvalue weighted by Crippen LogP contribution is 2.24. The van der Waals surface area contributed by atoms with Crippen LogP contribution in [0.5, 0.6) is 5.75 Å². The Morgan fingerprint density at radius 2 is 2.11 bits per heavy atom. The second-order valence-corrected chi connectivity index (χ2v) is 5.76. The van der Waals surface area contributed by atoms with Gasteiger partial charge in [0.2, 0.25) is 10.0 Å². The van der Waals surface area contributed by atoms with Crippen molar-refractivity contribution in [3.8, 4) is 5.75 Å². The normalized spacial score (nSPS) is 11.5. The predicted molar refractivity (Wildman–Crippen MR) is 74.2 cm³/mol. The summed E-state index contributed by atoms with van der Waals surface area (Å²) in [5.41, 5.74) is 0.651. The van der Waals surface area contributed by atoms with Gasteiger partial charge in [0.25, 0.3) is 0 Å². The Balaban J connectivity index is 2.94. The number of rotatable bonds is 8. The van der Waals surface area contributed by atoms with E-state index in [0.29, 0.717) is 24.5 Å². The van der Waals surface area contributed by atoms with Crippen molar-refractivity contribution in [2.24, 2.45) is 0 Å². The van der Waals surface area contributed by atoms with Crippen LogP contribution in [0.15, 0.2) is 23.1 Å². The molecule has 1 aromatic rings. The second kappa shape index (κ2) is 7.69. The number of methoxy groups -OCH3 is 1. The zero-order chi connectivity index (χ0) is 14.3. The topological polar surface area (TPSA) is 64.6 Å². The number of nitrogens with one attached hydrogen (secondary N) is 1. The van der Waals surface area contributed by atoms with Gasteiger partial charge in [0.05, 0.1) is 24.0 Å². The molecule has 0 unspecified atom stereocenters. The van der Waals surface area contributed by atoms with E-state index in [9.17, 15) is 8.42 Å². The lowest BCUT2D eigenvalue weighted by Gasteiger charge is -2.11. The number of halogens is 1. The molecule has 7 heteroatoms. The average molecular weight is 308 g/mol. The summed E-state index contributed by atoms with van der Waals surface area (Å²) in [4.78, 5) is 0.169. The fourth-order valence-electron chi connectivity index (χ4n) is 1.49. The summed E-state index contributed by atoms with van der Waals surface area (Å²) < 4.78 is 36.6. The maximum Gasteiger partial charge on any atom is 0.240 e. The summed E-state index contributed by atoms with van der Waals surface area (Å²) in [5, 5.41) is 0. The Kier molecular flexibility index (Phi) is 6.57. The van der Waals surface area contributed by atoms with Gasteiger partial charge in [-0.15, -0.1) is 11.6 Å². The van der Waals surface area contributed by atoms with Gasteiger partial charge >= 0.3 is 0 Å². The Hall–Kier alpha value is -0.820. The van der Waals surface area contributed by atoms with Gasteiger partial charge in [-0.05, 0) is 25.1 Å². The largest absolute Gasteiger partial charge is 0.494 e. The molecule has 0 fully saturated rings. The Bertz CT molecular complexity index is 504. The average Bonchev–Trinajstić information content (AvgIpc) is 2.39. The molecule has 0 aliphatic heterocycles. The van der Waals surface area contributed by atoms with Gasteiger partial charge in [0.15, 0.2) is 0 Å². The number of ether oxygens (including phenoxy) is 2. The maximum atomic E-state index is 12.0. The molecule has 0 saturated carbocycles. The number of hydrogen-bond acceptors (Lipinski definition) is 4. The third-order valence-electron chi connectivity index (χ3n) is 2.38. The van der Waals surface area contributed by atoms with Gasteiger partial charge in [0, 0.05) is 19.2 Å². The summed E-state index contributed by atoms with van der Waals surface area (Å²) >= 11 is 5.80. The van der Waals surface area contributed by atoms with Crippen molar-refractivity contribution < 1.29 is 17.9 Å². The number of sulfonamides is 1. The first-order valence-electron chi connectivity index (χ1n) is 5.85. The minimum atomic E-state index is -3.54. The lowest BCUT2D eigenvalue weighted by molar-refractivity contribution is 0.204. The highest BCUT2D eigenvalue weighted by Gasteiger charge is 2.15. The van der Waals surface area contributed by atoms with Crippen LogP contribution in [-0.4, -0.2) is 35.3 Å². The quantitative estimate of drug-likeness (QED) is 0.587. The van der Waals surface area contributed by atoms with E-state index in [1.54, 1.807) is 6.07 Å². The molecule has 0 spiro atoms. The monoisotopic (exact) mass is 307 g/mol. The van der Waals surface area contributed by atoms with Crippen LogP contribution < -0.4 is 9.46 Å². The van der Waals surface area contributed by atoms with Crippen LogP contribution in [0.2, 0.25) is 0 Å². The van der Waals surface area contributed by atoms with E-state index in [0.717, 1.165) is 0 Å². The molecule has 108 valence electrons. The van der Waals surface area contributed by atoms with E-state index in [2.05, 4.69) is 4.72 Å². The summed E-state index contributed by atoms with van der Waals surface area (Å²) in [6.07, 6.45) is 0. The smallest absolute Gasteiger partial charge is 0.240 e. The van der Waals surface area contributed by atoms with Gasteiger partial charge in [-0.2, -0.15) is 0 Å². The molecule has 1 aromatic carbocycles. The van der Waals surface area contributed by atoms with Crippen molar-refractivity contribution in [3.05, 3.63) is 23.8 Å². The molecule has 5 nitrogen and oxygen atoms in total. The van der Waals surface area contributed by atoms with E-state index in [1.807, 2.05) is 6.92 Å².